The lowest BCUT2D eigenvalue weighted by Gasteiger charge is -2.21. The third-order valence-corrected chi connectivity index (χ3v) is 3.41. The summed E-state index contributed by atoms with van der Waals surface area (Å²) < 4.78 is 27.5. The Labute approximate surface area is 129 Å². The molecule has 2 N–H and O–H groups in total. The molecular weight excluding hydrogens is 308 g/mol. The number of aryl methyl sites for hydroxylation is 1. The molecule has 2 amide bonds. The SMILES string of the molecule is Cc1nc2n(n1)C[C@@H](CC(=O)Nc1ccc(F)c(F)c1)C(=O)N2. The van der Waals surface area contributed by atoms with Gasteiger partial charge in [0.2, 0.25) is 17.8 Å². The van der Waals surface area contributed by atoms with Gasteiger partial charge in [0.1, 0.15) is 5.82 Å². The Hall–Kier alpha value is -2.84. The average Bonchev–Trinajstić information content (AvgIpc) is 2.82. The van der Waals surface area contributed by atoms with Crippen LogP contribution in [-0.2, 0) is 16.1 Å². The molecular formula is C14H13F2N5O2. The molecule has 1 aromatic carbocycles. The number of nitrogens with one attached hydrogen (secondary N) is 2. The number of hydrogen-bond donors (Lipinski definition) is 2. The molecule has 1 aliphatic heterocycles. The fourth-order valence-corrected chi connectivity index (χ4v) is 2.35. The van der Waals surface area contributed by atoms with Gasteiger partial charge in [-0.1, -0.05) is 0 Å². The molecule has 3 rings (SSSR count). The van der Waals surface area contributed by atoms with Crippen molar-refractivity contribution in [2.24, 2.45) is 5.92 Å². The number of benzene rings is 1. The third-order valence-electron chi connectivity index (χ3n) is 3.41. The van der Waals surface area contributed by atoms with Gasteiger partial charge in [0, 0.05) is 18.2 Å². The predicted octanol–water partition coefficient (Wildman–Crippen LogP) is 1.46. The van der Waals surface area contributed by atoms with Crippen LogP contribution in [0.4, 0.5) is 20.4 Å². The third kappa shape index (κ3) is 3.17. The molecule has 0 saturated heterocycles. The van der Waals surface area contributed by atoms with E-state index in [-0.39, 0.29) is 24.6 Å². The number of carbonyl (C=O) groups is 2. The molecule has 0 unspecified atom stereocenters. The van der Waals surface area contributed by atoms with Gasteiger partial charge in [0.15, 0.2) is 11.6 Å². The largest absolute Gasteiger partial charge is 0.326 e. The summed E-state index contributed by atoms with van der Waals surface area (Å²) in [4.78, 5) is 28.0. The fourth-order valence-electron chi connectivity index (χ4n) is 2.35. The van der Waals surface area contributed by atoms with Crippen LogP contribution in [0.15, 0.2) is 18.2 Å². The molecule has 0 spiro atoms. The molecule has 0 bridgehead atoms. The lowest BCUT2D eigenvalue weighted by atomic mass is 10.0. The summed E-state index contributed by atoms with van der Waals surface area (Å²) in [5, 5.41) is 9.13. The number of rotatable bonds is 3. The standard InChI is InChI=1S/C14H13F2N5O2/c1-7-17-14-19-13(23)8(6-21(14)20-7)4-12(22)18-9-2-3-10(15)11(16)5-9/h2-3,5,8H,4,6H2,1H3,(H,18,22)(H,17,19,20,23)/t8-/m1/s1. The van der Waals surface area contributed by atoms with Crippen molar-refractivity contribution in [2.75, 3.05) is 10.6 Å². The van der Waals surface area contributed by atoms with Crippen LogP contribution in [-0.4, -0.2) is 26.6 Å². The molecule has 23 heavy (non-hydrogen) atoms. The van der Waals surface area contributed by atoms with Crippen LogP contribution in [0, 0.1) is 24.5 Å². The zero-order chi connectivity index (χ0) is 16.6. The van der Waals surface area contributed by atoms with Crippen LogP contribution in [0.25, 0.3) is 0 Å². The number of hydrogen-bond acceptors (Lipinski definition) is 4. The van der Waals surface area contributed by atoms with E-state index in [1.807, 2.05) is 0 Å². The molecule has 1 aliphatic rings. The van der Waals surface area contributed by atoms with Crippen molar-refractivity contribution in [1.29, 1.82) is 0 Å². The molecule has 120 valence electrons. The van der Waals surface area contributed by atoms with Crippen molar-refractivity contribution in [1.82, 2.24) is 14.8 Å². The van der Waals surface area contributed by atoms with E-state index < -0.39 is 23.5 Å². The second-order valence-corrected chi connectivity index (χ2v) is 5.23. The summed E-state index contributed by atoms with van der Waals surface area (Å²) in [6.07, 6.45) is -0.108. The number of halogens is 2. The first-order chi connectivity index (χ1) is 10.9. The van der Waals surface area contributed by atoms with Crippen molar-refractivity contribution in [3.8, 4) is 0 Å². The van der Waals surface area contributed by atoms with Crippen LogP contribution in [0.5, 0.6) is 0 Å². The Balaban J connectivity index is 1.66. The first-order valence-corrected chi connectivity index (χ1v) is 6.89. The Morgan fingerprint density at radius 3 is 2.96 bits per heavy atom. The average molecular weight is 321 g/mol. The smallest absolute Gasteiger partial charge is 0.232 e. The molecule has 7 nitrogen and oxygen atoms in total. The maximum atomic E-state index is 13.1. The Morgan fingerprint density at radius 1 is 1.43 bits per heavy atom. The van der Waals surface area contributed by atoms with E-state index in [9.17, 15) is 18.4 Å². The van der Waals surface area contributed by atoms with Gasteiger partial charge in [0.05, 0.1) is 12.5 Å². The van der Waals surface area contributed by atoms with Gasteiger partial charge >= 0.3 is 0 Å². The van der Waals surface area contributed by atoms with E-state index in [2.05, 4.69) is 20.7 Å². The normalized spacial score (nSPS) is 16.7. The van der Waals surface area contributed by atoms with Gasteiger partial charge in [-0.3, -0.25) is 14.9 Å². The molecule has 2 aromatic rings. The summed E-state index contributed by atoms with van der Waals surface area (Å²) in [5.74, 6) is -2.60. The monoisotopic (exact) mass is 321 g/mol. The highest BCUT2D eigenvalue weighted by molar-refractivity contribution is 5.98. The molecule has 1 atom stereocenters. The number of anilines is 2. The number of carbonyl (C=O) groups excluding carboxylic acids is 2. The Bertz CT molecular complexity index is 789. The predicted molar refractivity (Wildman–Crippen MR) is 76.5 cm³/mol. The topological polar surface area (TPSA) is 88.9 Å². The second kappa shape index (κ2) is 5.75. The maximum Gasteiger partial charge on any atom is 0.232 e. The van der Waals surface area contributed by atoms with E-state index in [1.165, 1.54) is 10.7 Å². The van der Waals surface area contributed by atoms with E-state index in [1.54, 1.807) is 6.92 Å². The molecule has 9 heteroatoms. The minimum Gasteiger partial charge on any atom is -0.326 e. The summed E-state index contributed by atoms with van der Waals surface area (Å²) in [5.41, 5.74) is 0.127. The zero-order valence-corrected chi connectivity index (χ0v) is 12.1. The quantitative estimate of drug-likeness (QED) is 0.896. The van der Waals surface area contributed by atoms with Gasteiger partial charge < -0.3 is 5.32 Å². The molecule has 0 radical (unpaired) electrons. The molecule has 0 fully saturated rings. The summed E-state index contributed by atoms with van der Waals surface area (Å²) in [6, 6.07) is 3.05. The highest BCUT2D eigenvalue weighted by Crippen LogP contribution is 2.20. The summed E-state index contributed by atoms with van der Waals surface area (Å²) >= 11 is 0. The summed E-state index contributed by atoms with van der Waals surface area (Å²) in [7, 11) is 0. The molecule has 0 aliphatic carbocycles. The number of nitrogens with zero attached hydrogens (tertiary/aromatic N) is 3. The van der Waals surface area contributed by atoms with Gasteiger partial charge in [-0.25, -0.2) is 13.5 Å². The van der Waals surface area contributed by atoms with Crippen LogP contribution in [0.2, 0.25) is 0 Å². The van der Waals surface area contributed by atoms with Crippen LogP contribution in [0.1, 0.15) is 12.2 Å². The minimum absolute atomic E-state index is 0.108. The molecule has 0 saturated carbocycles. The van der Waals surface area contributed by atoms with E-state index >= 15 is 0 Å². The minimum atomic E-state index is -1.05. The molecule has 1 aromatic heterocycles. The lowest BCUT2D eigenvalue weighted by molar-refractivity contribution is -0.125. The van der Waals surface area contributed by atoms with Crippen LogP contribution >= 0.6 is 0 Å². The van der Waals surface area contributed by atoms with Crippen LogP contribution in [0.3, 0.4) is 0 Å². The first kappa shape index (κ1) is 15.1. The highest BCUT2D eigenvalue weighted by Gasteiger charge is 2.30. The van der Waals surface area contributed by atoms with E-state index in [0.29, 0.717) is 11.8 Å². The first-order valence-electron chi connectivity index (χ1n) is 6.89. The zero-order valence-electron chi connectivity index (χ0n) is 12.1. The van der Waals surface area contributed by atoms with Crippen molar-refractivity contribution < 1.29 is 18.4 Å². The Morgan fingerprint density at radius 2 is 2.22 bits per heavy atom. The second-order valence-electron chi connectivity index (χ2n) is 5.23. The van der Waals surface area contributed by atoms with Gasteiger partial charge in [-0.05, 0) is 19.1 Å². The van der Waals surface area contributed by atoms with Gasteiger partial charge in [-0.2, -0.15) is 10.1 Å². The Kier molecular flexibility index (Phi) is 3.77. The van der Waals surface area contributed by atoms with Gasteiger partial charge in [-0.15, -0.1) is 0 Å². The number of aromatic nitrogens is 3. The van der Waals surface area contributed by atoms with E-state index in [0.717, 1.165) is 12.1 Å². The fraction of sp³-hybridized carbons (Fsp3) is 0.286. The van der Waals surface area contributed by atoms with Crippen molar-refractivity contribution in [2.45, 2.75) is 19.9 Å². The van der Waals surface area contributed by atoms with Crippen molar-refractivity contribution >= 4 is 23.5 Å². The highest BCUT2D eigenvalue weighted by atomic mass is 19.2. The summed E-state index contributed by atoms with van der Waals surface area (Å²) in [6.45, 7) is 1.93. The maximum absolute atomic E-state index is 13.1. The van der Waals surface area contributed by atoms with Crippen molar-refractivity contribution in [3.05, 3.63) is 35.7 Å². The molecule has 2 heterocycles. The number of fused-ring (bicyclic) bond motifs is 1. The number of amides is 2. The van der Waals surface area contributed by atoms with E-state index in [4.69, 9.17) is 0 Å². The van der Waals surface area contributed by atoms with Crippen molar-refractivity contribution in [3.63, 3.8) is 0 Å². The van der Waals surface area contributed by atoms with Crippen LogP contribution < -0.4 is 10.6 Å². The lowest BCUT2D eigenvalue weighted by Crippen LogP contribution is -2.36. The van der Waals surface area contributed by atoms with Gasteiger partial charge in [0.25, 0.3) is 0 Å².